The summed E-state index contributed by atoms with van der Waals surface area (Å²) in [5.74, 6) is -0.773. The number of furan rings is 1. The molecule has 0 aliphatic heterocycles. The number of carbonyl (C=O) groups is 2. The Kier molecular flexibility index (Phi) is 4.61. The molecular weight excluding hydrogens is 328 g/mol. The van der Waals surface area contributed by atoms with Crippen molar-refractivity contribution >= 4 is 34.2 Å². The Morgan fingerprint density at radius 1 is 1.38 bits per heavy atom. The van der Waals surface area contributed by atoms with E-state index in [0.717, 1.165) is 22.3 Å². The lowest BCUT2D eigenvalue weighted by molar-refractivity contribution is -0.142. The lowest BCUT2D eigenvalue weighted by atomic mass is 10.1. The van der Waals surface area contributed by atoms with Crippen LogP contribution in [0.1, 0.15) is 30.0 Å². The van der Waals surface area contributed by atoms with Crippen molar-refractivity contribution in [2.45, 2.75) is 25.8 Å². The van der Waals surface area contributed by atoms with Gasteiger partial charge < -0.3 is 14.8 Å². The highest BCUT2D eigenvalue weighted by atomic mass is 32.1. The van der Waals surface area contributed by atoms with Gasteiger partial charge in [-0.2, -0.15) is 0 Å². The highest BCUT2D eigenvalue weighted by Gasteiger charge is 2.25. The number of hydrogen-bond acceptors (Lipinski definition) is 5. The van der Waals surface area contributed by atoms with E-state index in [2.05, 4.69) is 10.3 Å². The lowest BCUT2D eigenvalue weighted by Crippen LogP contribution is -2.35. The molecule has 24 heavy (non-hydrogen) atoms. The number of aromatic nitrogens is 1. The average Bonchev–Trinajstić information content (AvgIpc) is 3.20. The van der Waals surface area contributed by atoms with Crippen LogP contribution in [-0.2, 0) is 22.4 Å². The molecule has 0 saturated heterocycles. The summed E-state index contributed by atoms with van der Waals surface area (Å²) in [7, 11) is 0. The van der Waals surface area contributed by atoms with Crippen LogP contribution < -0.4 is 5.32 Å². The predicted octanol–water partition coefficient (Wildman–Crippen LogP) is 2.94. The number of carbonyl (C=O) groups excluding carboxylic acids is 1. The van der Waals surface area contributed by atoms with E-state index in [0.29, 0.717) is 12.1 Å². The Hall–Kier alpha value is -2.67. The number of nitrogens with one attached hydrogen (secondary N) is 1. The minimum absolute atomic E-state index is 0.0636. The van der Waals surface area contributed by atoms with Gasteiger partial charge in [-0.3, -0.25) is 4.79 Å². The number of aryl methyl sites for hydroxylation is 1. The van der Waals surface area contributed by atoms with Crippen molar-refractivity contribution in [2.75, 3.05) is 0 Å². The zero-order valence-electron chi connectivity index (χ0n) is 13.0. The Bertz CT molecular complexity index is 870. The van der Waals surface area contributed by atoms with Gasteiger partial charge in [0.1, 0.15) is 11.3 Å². The van der Waals surface area contributed by atoms with Crippen molar-refractivity contribution in [3.8, 4) is 0 Å². The zero-order chi connectivity index (χ0) is 17.1. The average molecular weight is 344 g/mol. The number of carboxylic acid groups (broad SMARTS) is 1. The SMILES string of the molecule is CCc1oc2ccccc2c1CC(=O)NC(C(=O)O)c1cscn1. The number of benzene rings is 1. The van der Waals surface area contributed by atoms with Crippen LogP contribution in [0.5, 0.6) is 0 Å². The Balaban J connectivity index is 1.83. The zero-order valence-corrected chi connectivity index (χ0v) is 13.8. The Morgan fingerprint density at radius 3 is 2.83 bits per heavy atom. The largest absolute Gasteiger partial charge is 0.479 e. The van der Waals surface area contributed by atoms with Crippen LogP contribution in [0.15, 0.2) is 39.6 Å². The van der Waals surface area contributed by atoms with E-state index in [1.165, 1.54) is 16.8 Å². The number of amides is 1. The highest BCUT2D eigenvalue weighted by molar-refractivity contribution is 7.07. The number of aliphatic carboxylic acids is 1. The summed E-state index contributed by atoms with van der Waals surface area (Å²) in [6.45, 7) is 1.95. The minimum Gasteiger partial charge on any atom is -0.479 e. The van der Waals surface area contributed by atoms with E-state index in [9.17, 15) is 14.7 Å². The summed E-state index contributed by atoms with van der Waals surface area (Å²) in [6.07, 6.45) is 0.722. The molecule has 0 aliphatic carbocycles. The molecule has 0 bridgehead atoms. The number of carboxylic acids is 1. The van der Waals surface area contributed by atoms with Crippen molar-refractivity contribution in [1.82, 2.24) is 10.3 Å². The van der Waals surface area contributed by atoms with Crippen LogP contribution in [-0.4, -0.2) is 22.0 Å². The van der Waals surface area contributed by atoms with E-state index in [1.807, 2.05) is 31.2 Å². The molecule has 124 valence electrons. The molecule has 2 N–H and O–H groups in total. The van der Waals surface area contributed by atoms with Gasteiger partial charge >= 0.3 is 5.97 Å². The predicted molar refractivity (Wildman–Crippen MR) is 89.9 cm³/mol. The number of thiazole rings is 1. The molecule has 7 heteroatoms. The second kappa shape index (κ2) is 6.84. The molecule has 0 spiro atoms. The third-order valence-corrected chi connectivity index (χ3v) is 4.34. The fourth-order valence-corrected chi connectivity index (χ4v) is 3.21. The van der Waals surface area contributed by atoms with E-state index in [4.69, 9.17) is 4.42 Å². The Labute approximate surface area is 142 Å². The van der Waals surface area contributed by atoms with Crippen molar-refractivity contribution in [2.24, 2.45) is 0 Å². The summed E-state index contributed by atoms with van der Waals surface area (Å²) in [6, 6.07) is 6.36. The smallest absolute Gasteiger partial charge is 0.332 e. The molecule has 0 radical (unpaired) electrons. The highest BCUT2D eigenvalue weighted by Crippen LogP contribution is 2.27. The topological polar surface area (TPSA) is 92.4 Å². The van der Waals surface area contributed by atoms with E-state index in [1.54, 1.807) is 5.38 Å². The van der Waals surface area contributed by atoms with Crippen LogP contribution >= 0.6 is 11.3 Å². The monoisotopic (exact) mass is 344 g/mol. The maximum Gasteiger partial charge on any atom is 0.332 e. The summed E-state index contributed by atoms with van der Waals surface area (Å²) < 4.78 is 5.77. The van der Waals surface area contributed by atoms with Crippen molar-refractivity contribution < 1.29 is 19.1 Å². The molecule has 1 amide bonds. The van der Waals surface area contributed by atoms with Gasteiger partial charge in [0.2, 0.25) is 5.91 Å². The van der Waals surface area contributed by atoms with E-state index < -0.39 is 12.0 Å². The van der Waals surface area contributed by atoms with Gasteiger partial charge in [0, 0.05) is 22.8 Å². The maximum atomic E-state index is 12.4. The molecule has 3 rings (SSSR count). The van der Waals surface area contributed by atoms with Gasteiger partial charge in [0.05, 0.1) is 17.6 Å². The number of fused-ring (bicyclic) bond motifs is 1. The van der Waals surface area contributed by atoms with Crippen LogP contribution in [0.3, 0.4) is 0 Å². The standard InChI is InChI=1S/C17H16N2O4S/c1-2-13-11(10-5-3-4-6-14(10)23-13)7-15(20)19-16(17(21)22)12-8-24-9-18-12/h3-6,8-9,16H,2,7H2,1H3,(H,19,20)(H,21,22). The number of rotatable bonds is 6. The summed E-state index contributed by atoms with van der Waals surface area (Å²) in [5.41, 5.74) is 3.39. The van der Waals surface area contributed by atoms with Crippen molar-refractivity contribution in [1.29, 1.82) is 0 Å². The summed E-state index contributed by atoms with van der Waals surface area (Å²) >= 11 is 1.28. The van der Waals surface area contributed by atoms with E-state index in [-0.39, 0.29) is 12.3 Å². The first-order chi connectivity index (χ1) is 11.6. The molecule has 1 aromatic carbocycles. The minimum atomic E-state index is -1.15. The van der Waals surface area contributed by atoms with Crippen molar-refractivity contribution in [3.63, 3.8) is 0 Å². The molecule has 2 heterocycles. The van der Waals surface area contributed by atoms with Gasteiger partial charge in [-0.05, 0) is 6.07 Å². The molecule has 3 aromatic rings. The first-order valence-electron chi connectivity index (χ1n) is 7.49. The number of hydrogen-bond donors (Lipinski definition) is 2. The van der Waals surface area contributed by atoms with Gasteiger partial charge in [0.15, 0.2) is 6.04 Å². The lowest BCUT2D eigenvalue weighted by Gasteiger charge is -2.12. The first kappa shape index (κ1) is 16.2. The van der Waals surface area contributed by atoms with Crippen LogP contribution in [0.4, 0.5) is 0 Å². The van der Waals surface area contributed by atoms with Crippen LogP contribution in [0.25, 0.3) is 11.0 Å². The number of nitrogens with zero attached hydrogens (tertiary/aromatic N) is 1. The molecule has 0 aliphatic rings. The molecule has 0 fully saturated rings. The first-order valence-corrected chi connectivity index (χ1v) is 8.44. The van der Waals surface area contributed by atoms with Gasteiger partial charge in [-0.15, -0.1) is 11.3 Å². The summed E-state index contributed by atoms with van der Waals surface area (Å²) in [4.78, 5) is 27.8. The van der Waals surface area contributed by atoms with Crippen LogP contribution in [0, 0.1) is 0 Å². The normalized spacial score (nSPS) is 12.2. The molecule has 1 atom stereocenters. The van der Waals surface area contributed by atoms with Gasteiger partial charge in [-0.1, -0.05) is 25.1 Å². The second-order valence-corrected chi connectivity index (χ2v) is 6.00. The number of para-hydroxylation sites is 1. The Morgan fingerprint density at radius 2 is 2.17 bits per heavy atom. The third kappa shape index (κ3) is 3.16. The molecular formula is C17H16N2O4S. The quantitative estimate of drug-likeness (QED) is 0.717. The van der Waals surface area contributed by atoms with Gasteiger partial charge in [-0.25, -0.2) is 9.78 Å². The summed E-state index contributed by atoms with van der Waals surface area (Å²) in [5, 5.41) is 14.4. The molecule has 6 nitrogen and oxygen atoms in total. The second-order valence-electron chi connectivity index (χ2n) is 5.28. The molecule has 1 unspecified atom stereocenters. The van der Waals surface area contributed by atoms with Crippen molar-refractivity contribution in [3.05, 3.63) is 52.2 Å². The van der Waals surface area contributed by atoms with Gasteiger partial charge in [0.25, 0.3) is 0 Å². The fourth-order valence-electron chi connectivity index (χ4n) is 2.63. The molecule has 2 aromatic heterocycles. The fraction of sp³-hybridized carbons (Fsp3) is 0.235. The molecule has 0 saturated carbocycles. The maximum absolute atomic E-state index is 12.4. The van der Waals surface area contributed by atoms with Crippen LogP contribution in [0.2, 0.25) is 0 Å². The van der Waals surface area contributed by atoms with E-state index >= 15 is 0 Å². The third-order valence-electron chi connectivity index (χ3n) is 3.74.